The third kappa shape index (κ3) is 4.62. The molecule has 0 fully saturated rings. The van der Waals surface area contributed by atoms with Gasteiger partial charge in [0.25, 0.3) is 0 Å². The number of nitrogens with one attached hydrogen (secondary N) is 1. The molecule has 6 nitrogen and oxygen atoms in total. The van der Waals surface area contributed by atoms with Crippen molar-refractivity contribution < 1.29 is 23.8 Å². The van der Waals surface area contributed by atoms with Gasteiger partial charge in [-0.15, -0.1) is 0 Å². The summed E-state index contributed by atoms with van der Waals surface area (Å²) >= 11 is 6.06. The third-order valence-corrected chi connectivity index (χ3v) is 6.29. The van der Waals surface area contributed by atoms with Crippen molar-refractivity contribution >= 4 is 23.4 Å². The van der Waals surface area contributed by atoms with Crippen molar-refractivity contribution in [3.63, 3.8) is 0 Å². The van der Waals surface area contributed by atoms with Crippen LogP contribution in [0.1, 0.15) is 36.8 Å². The van der Waals surface area contributed by atoms with E-state index in [0.717, 1.165) is 16.8 Å². The molecule has 2 aromatic carbocycles. The van der Waals surface area contributed by atoms with Crippen LogP contribution in [0.4, 0.5) is 0 Å². The van der Waals surface area contributed by atoms with Crippen LogP contribution in [0.5, 0.6) is 11.5 Å². The van der Waals surface area contributed by atoms with Gasteiger partial charge in [0.15, 0.2) is 11.5 Å². The monoisotopic (exact) mass is 467 g/mol. The Bertz CT molecular complexity index is 1150. The van der Waals surface area contributed by atoms with E-state index in [2.05, 4.69) is 5.32 Å². The van der Waals surface area contributed by atoms with Crippen molar-refractivity contribution in [1.82, 2.24) is 5.32 Å². The van der Waals surface area contributed by atoms with Crippen LogP contribution in [0, 0.1) is 5.92 Å². The van der Waals surface area contributed by atoms with Gasteiger partial charge in [0, 0.05) is 28.8 Å². The maximum atomic E-state index is 13.0. The van der Waals surface area contributed by atoms with Crippen molar-refractivity contribution in [2.24, 2.45) is 5.92 Å². The number of Topliss-reactive ketones (excluding diaryl/α,β-unsaturated/α-hetero) is 1. The second-order valence-corrected chi connectivity index (χ2v) is 8.54. The summed E-state index contributed by atoms with van der Waals surface area (Å²) in [7, 11) is 2.91. The van der Waals surface area contributed by atoms with E-state index in [9.17, 15) is 9.59 Å². The summed E-state index contributed by atoms with van der Waals surface area (Å²) in [4.78, 5) is 25.7. The molecule has 0 saturated carbocycles. The van der Waals surface area contributed by atoms with Crippen molar-refractivity contribution in [3.8, 4) is 11.5 Å². The van der Waals surface area contributed by atoms with Crippen LogP contribution in [0.3, 0.4) is 0 Å². The lowest BCUT2D eigenvalue weighted by Gasteiger charge is -2.38. The molecule has 0 bridgehead atoms. The number of methoxy groups -OCH3 is 2. The Morgan fingerprint density at radius 2 is 1.94 bits per heavy atom. The van der Waals surface area contributed by atoms with Gasteiger partial charge in [-0.1, -0.05) is 35.9 Å². The van der Waals surface area contributed by atoms with Gasteiger partial charge in [0.05, 0.1) is 25.7 Å². The standard InChI is InChI=1S/C26H26ClNO5/c1-15-23(26(30)32-3)24(25-19(28-15)8-5-9-20(25)29)17-10-11-21(22(13-17)31-2)33-14-16-6-4-7-18(27)12-16/h4,6-8,10-13,24-25,28H,5,9,14H2,1-3H3. The van der Waals surface area contributed by atoms with E-state index >= 15 is 0 Å². The number of halogens is 1. The molecular formula is C26H26ClNO5. The minimum atomic E-state index is -0.478. The molecule has 33 heavy (non-hydrogen) atoms. The zero-order valence-electron chi connectivity index (χ0n) is 18.8. The molecule has 4 rings (SSSR count). The first kappa shape index (κ1) is 22.9. The molecular weight excluding hydrogens is 442 g/mol. The lowest BCUT2D eigenvalue weighted by molar-refractivity contribution is -0.136. The second-order valence-electron chi connectivity index (χ2n) is 8.10. The maximum absolute atomic E-state index is 13.0. The molecule has 2 unspecified atom stereocenters. The number of carbonyl (C=O) groups is 2. The summed E-state index contributed by atoms with van der Waals surface area (Å²) in [5, 5.41) is 3.89. The number of esters is 1. The number of ketones is 1. The van der Waals surface area contributed by atoms with Crippen molar-refractivity contribution in [2.45, 2.75) is 32.3 Å². The number of hydrogen-bond acceptors (Lipinski definition) is 6. The van der Waals surface area contributed by atoms with Gasteiger partial charge in [0.1, 0.15) is 12.4 Å². The normalized spacial score (nSPS) is 19.9. The molecule has 1 aliphatic heterocycles. The molecule has 1 aliphatic carbocycles. The van der Waals surface area contributed by atoms with E-state index < -0.39 is 17.8 Å². The minimum absolute atomic E-state index is 0.0964. The summed E-state index contributed by atoms with van der Waals surface area (Å²) in [6.45, 7) is 2.15. The predicted molar refractivity (Wildman–Crippen MR) is 125 cm³/mol. The third-order valence-electron chi connectivity index (χ3n) is 6.05. The van der Waals surface area contributed by atoms with Gasteiger partial charge in [-0.25, -0.2) is 4.79 Å². The molecule has 7 heteroatoms. The Kier molecular flexibility index (Phi) is 6.75. The molecule has 172 valence electrons. The number of ether oxygens (including phenoxy) is 3. The average Bonchev–Trinajstić information content (AvgIpc) is 2.81. The topological polar surface area (TPSA) is 73.9 Å². The number of allylic oxidation sites excluding steroid dienone is 3. The molecule has 1 N–H and O–H groups in total. The fourth-order valence-electron chi connectivity index (χ4n) is 4.54. The first-order valence-electron chi connectivity index (χ1n) is 10.8. The number of hydrogen-bond donors (Lipinski definition) is 1. The quantitative estimate of drug-likeness (QED) is 0.607. The number of fused-ring (bicyclic) bond motifs is 1. The molecule has 0 aromatic heterocycles. The van der Waals surface area contributed by atoms with E-state index in [1.54, 1.807) is 7.11 Å². The SMILES string of the molecule is COC(=O)C1=C(C)NC2=CCCC(=O)C2C1c1ccc(OCc2cccc(Cl)c2)c(OC)c1. The average molecular weight is 468 g/mol. The van der Waals surface area contributed by atoms with Gasteiger partial charge < -0.3 is 19.5 Å². The van der Waals surface area contributed by atoms with Gasteiger partial charge in [0.2, 0.25) is 0 Å². The summed E-state index contributed by atoms with van der Waals surface area (Å²) < 4.78 is 16.7. The van der Waals surface area contributed by atoms with Crippen LogP contribution in [-0.4, -0.2) is 26.0 Å². The van der Waals surface area contributed by atoms with Crippen LogP contribution in [0.25, 0.3) is 0 Å². The Balaban J connectivity index is 1.71. The van der Waals surface area contributed by atoms with E-state index in [0.29, 0.717) is 47.2 Å². The van der Waals surface area contributed by atoms with Crippen molar-refractivity contribution in [1.29, 1.82) is 0 Å². The van der Waals surface area contributed by atoms with E-state index in [4.69, 9.17) is 25.8 Å². The van der Waals surface area contributed by atoms with Crippen LogP contribution >= 0.6 is 11.6 Å². The van der Waals surface area contributed by atoms with Crippen molar-refractivity contribution in [3.05, 3.63) is 81.7 Å². The molecule has 0 saturated heterocycles. The Labute approximate surface area is 198 Å². The lowest BCUT2D eigenvalue weighted by Crippen LogP contribution is -2.40. The Hall–Kier alpha value is -3.25. The molecule has 0 radical (unpaired) electrons. The summed E-state index contributed by atoms with van der Waals surface area (Å²) in [6, 6.07) is 13.0. The molecule has 0 spiro atoms. The highest BCUT2D eigenvalue weighted by Crippen LogP contribution is 2.45. The number of carbonyl (C=O) groups excluding carboxylic acids is 2. The predicted octanol–water partition coefficient (Wildman–Crippen LogP) is 4.92. The fraction of sp³-hybridized carbons (Fsp3) is 0.308. The molecule has 2 aliphatic rings. The highest BCUT2D eigenvalue weighted by molar-refractivity contribution is 6.30. The lowest BCUT2D eigenvalue weighted by atomic mass is 9.71. The zero-order chi connectivity index (χ0) is 23.5. The molecule has 1 heterocycles. The molecule has 2 atom stereocenters. The van der Waals surface area contributed by atoms with E-state index in [1.807, 2.05) is 55.5 Å². The second kappa shape index (κ2) is 9.71. The van der Waals surface area contributed by atoms with Crippen LogP contribution < -0.4 is 14.8 Å². The smallest absolute Gasteiger partial charge is 0.336 e. The highest BCUT2D eigenvalue weighted by atomic mass is 35.5. The first-order chi connectivity index (χ1) is 15.9. The van der Waals surface area contributed by atoms with Gasteiger partial charge in [-0.2, -0.15) is 0 Å². The summed E-state index contributed by atoms with van der Waals surface area (Å²) in [6.07, 6.45) is 3.17. The molecule has 0 amide bonds. The summed E-state index contributed by atoms with van der Waals surface area (Å²) in [5.74, 6) is -0.236. The first-order valence-corrected chi connectivity index (χ1v) is 11.1. The maximum Gasteiger partial charge on any atom is 0.336 e. The van der Waals surface area contributed by atoms with Crippen LogP contribution in [0.2, 0.25) is 5.02 Å². The van der Waals surface area contributed by atoms with Crippen LogP contribution in [-0.2, 0) is 20.9 Å². The fourth-order valence-corrected chi connectivity index (χ4v) is 4.75. The molecule has 2 aromatic rings. The Morgan fingerprint density at radius 1 is 1.12 bits per heavy atom. The van der Waals surface area contributed by atoms with Crippen LogP contribution in [0.15, 0.2) is 65.5 Å². The van der Waals surface area contributed by atoms with Gasteiger partial charge >= 0.3 is 5.97 Å². The largest absolute Gasteiger partial charge is 0.493 e. The Morgan fingerprint density at radius 3 is 2.67 bits per heavy atom. The zero-order valence-corrected chi connectivity index (χ0v) is 19.6. The minimum Gasteiger partial charge on any atom is -0.493 e. The number of benzene rings is 2. The van der Waals surface area contributed by atoms with E-state index in [1.165, 1.54) is 7.11 Å². The van der Waals surface area contributed by atoms with Crippen molar-refractivity contribution in [2.75, 3.05) is 14.2 Å². The van der Waals surface area contributed by atoms with E-state index in [-0.39, 0.29) is 5.78 Å². The summed E-state index contributed by atoms with van der Waals surface area (Å²) in [5.41, 5.74) is 3.69. The van der Waals surface area contributed by atoms with Gasteiger partial charge in [-0.05, 0) is 48.7 Å². The van der Waals surface area contributed by atoms with Gasteiger partial charge in [-0.3, -0.25) is 4.79 Å². The highest BCUT2D eigenvalue weighted by Gasteiger charge is 2.43. The number of rotatable bonds is 6.